The molecule has 2 atom stereocenters. The molecule has 0 bridgehead atoms. The standard InChI is InChI=1S/C14H22N6/c1-10-5-3-4-6-14(10,8-15)19-12-7-11(2)18-13-16-9-17-20(12)13/h7,9-10,19H,3-6,8,15H2,1-2H3. The minimum absolute atomic E-state index is 0.0507. The quantitative estimate of drug-likeness (QED) is 0.891. The average molecular weight is 274 g/mol. The van der Waals surface area contributed by atoms with Gasteiger partial charge in [0.25, 0.3) is 5.78 Å². The Bertz CT molecular complexity index is 607. The van der Waals surface area contributed by atoms with Crippen molar-refractivity contribution in [1.82, 2.24) is 19.6 Å². The highest BCUT2D eigenvalue weighted by Crippen LogP contribution is 2.35. The first-order valence-corrected chi connectivity index (χ1v) is 7.30. The lowest BCUT2D eigenvalue weighted by molar-refractivity contribution is 0.234. The van der Waals surface area contributed by atoms with Crippen LogP contribution in [0.5, 0.6) is 0 Å². The number of hydrogen-bond acceptors (Lipinski definition) is 5. The van der Waals surface area contributed by atoms with Crippen molar-refractivity contribution < 1.29 is 0 Å². The van der Waals surface area contributed by atoms with Crippen molar-refractivity contribution in [3.8, 4) is 0 Å². The summed E-state index contributed by atoms with van der Waals surface area (Å²) in [5.74, 6) is 2.11. The lowest BCUT2D eigenvalue weighted by Crippen LogP contribution is -2.52. The average Bonchev–Trinajstić information content (AvgIpc) is 2.89. The van der Waals surface area contributed by atoms with Gasteiger partial charge in [-0.05, 0) is 25.7 Å². The van der Waals surface area contributed by atoms with Crippen molar-refractivity contribution in [3.63, 3.8) is 0 Å². The Kier molecular flexibility index (Phi) is 3.33. The molecular formula is C14H22N6. The summed E-state index contributed by atoms with van der Waals surface area (Å²) in [6.45, 7) is 4.89. The molecule has 0 saturated heterocycles. The Morgan fingerprint density at radius 2 is 2.35 bits per heavy atom. The fourth-order valence-corrected chi connectivity index (χ4v) is 3.23. The van der Waals surface area contributed by atoms with E-state index in [0.717, 1.165) is 17.9 Å². The molecule has 20 heavy (non-hydrogen) atoms. The third-order valence-electron chi connectivity index (χ3n) is 4.57. The molecule has 3 rings (SSSR count). The summed E-state index contributed by atoms with van der Waals surface area (Å²) >= 11 is 0. The molecule has 6 nitrogen and oxygen atoms in total. The second-order valence-electron chi connectivity index (χ2n) is 5.89. The smallest absolute Gasteiger partial charge is 0.254 e. The maximum atomic E-state index is 6.11. The van der Waals surface area contributed by atoms with E-state index in [1.807, 2.05) is 13.0 Å². The predicted molar refractivity (Wildman–Crippen MR) is 78.6 cm³/mol. The monoisotopic (exact) mass is 274 g/mol. The van der Waals surface area contributed by atoms with Gasteiger partial charge < -0.3 is 11.1 Å². The zero-order valence-corrected chi connectivity index (χ0v) is 12.1. The van der Waals surface area contributed by atoms with Gasteiger partial charge in [0.15, 0.2) is 0 Å². The summed E-state index contributed by atoms with van der Waals surface area (Å²) in [4.78, 5) is 8.55. The number of nitrogens with one attached hydrogen (secondary N) is 1. The van der Waals surface area contributed by atoms with E-state index < -0.39 is 0 Å². The van der Waals surface area contributed by atoms with Crippen LogP contribution < -0.4 is 11.1 Å². The zero-order valence-electron chi connectivity index (χ0n) is 12.1. The minimum atomic E-state index is -0.0507. The highest BCUT2D eigenvalue weighted by atomic mass is 15.4. The van der Waals surface area contributed by atoms with Gasteiger partial charge in [0, 0.05) is 18.3 Å². The summed E-state index contributed by atoms with van der Waals surface area (Å²) in [6.07, 6.45) is 6.36. The number of nitrogens with two attached hydrogens (primary N) is 1. The van der Waals surface area contributed by atoms with Crippen LogP contribution in [-0.2, 0) is 0 Å². The van der Waals surface area contributed by atoms with Gasteiger partial charge in [0.2, 0.25) is 0 Å². The van der Waals surface area contributed by atoms with Crippen molar-refractivity contribution in [1.29, 1.82) is 0 Å². The zero-order chi connectivity index (χ0) is 14.2. The van der Waals surface area contributed by atoms with Gasteiger partial charge in [0.05, 0.1) is 5.54 Å². The molecule has 0 spiro atoms. The van der Waals surface area contributed by atoms with Crippen LogP contribution in [0.4, 0.5) is 5.82 Å². The molecule has 6 heteroatoms. The van der Waals surface area contributed by atoms with Gasteiger partial charge in [-0.25, -0.2) is 4.98 Å². The Labute approximate surface area is 118 Å². The van der Waals surface area contributed by atoms with E-state index in [1.54, 1.807) is 4.52 Å². The SMILES string of the molecule is Cc1cc(NC2(CN)CCCCC2C)n2ncnc2n1. The number of fused-ring (bicyclic) bond motifs is 1. The molecule has 2 aromatic heterocycles. The van der Waals surface area contributed by atoms with Crippen LogP contribution in [0.25, 0.3) is 5.78 Å². The highest BCUT2D eigenvalue weighted by Gasteiger charge is 2.37. The van der Waals surface area contributed by atoms with Crippen LogP contribution in [0.15, 0.2) is 12.4 Å². The van der Waals surface area contributed by atoms with Crippen LogP contribution in [0.1, 0.15) is 38.3 Å². The number of aryl methyl sites for hydroxylation is 1. The molecule has 1 aliphatic carbocycles. The molecule has 0 aliphatic heterocycles. The molecule has 1 fully saturated rings. The maximum Gasteiger partial charge on any atom is 0.254 e. The molecule has 0 amide bonds. The van der Waals surface area contributed by atoms with E-state index in [0.29, 0.717) is 18.2 Å². The molecule has 2 heterocycles. The van der Waals surface area contributed by atoms with Gasteiger partial charge in [-0.1, -0.05) is 19.8 Å². The first-order valence-electron chi connectivity index (χ1n) is 7.30. The van der Waals surface area contributed by atoms with Gasteiger partial charge in [-0.2, -0.15) is 14.6 Å². The second kappa shape index (κ2) is 5.01. The van der Waals surface area contributed by atoms with E-state index >= 15 is 0 Å². The lowest BCUT2D eigenvalue weighted by Gasteiger charge is -2.43. The number of rotatable bonds is 3. The number of nitrogens with zero attached hydrogens (tertiary/aromatic N) is 4. The molecule has 2 aromatic rings. The van der Waals surface area contributed by atoms with E-state index in [9.17, 15) is 0 Å². The summed E-state index contributed by atoms with van der Waals surface area (Å²) in [5.41, 5.74) is 6.99. The van der Waals surface area contributed by atoms with Crippen molar-refractivity contribution >= 4 is 11.6 Å². The first-order chi connectivity index (χ1) is 9.64. The minimum Gasteiger partial charge on any atom is -0.363 e. The molecule has 108 valence electrons. The molecular weight excluding hydrogens is 252 g/mol. The highest BCUT2D eigenvalue weighted by molar-refractivity contribution is 5.47. The van der Waals surface area contributed by atoms with Crippen molar-refractivity contribution in [2.45, 2.75) is 45.1 Å². The summed E-state index contributed by atoms with van der Waals surface area (Å²) < 4.78 is 1.76. The fraction of sp³-hybridized carbons (Fsp3) is 0.643. The largest absolute Gasteiger partial charge is 0.363 e. The number of aromatic nitrogens is 4. The van der Waals surface area contributed by atoms with Gasteiger partial charge in [-0.15, -0.1) is 0 Å². The summed E-state index contributed by atoms with van der Waals surface area (Å²) in [5, 5.41) is 7.91. The van der Waals surface area contributed by atoms with Crippen molar-refractivity contribution in [2.24, 2.45) is 11.7 Å². The fourth-order valence-electron chi connectivity index (χ4n) is 3.23. The van der Waals surface area contributed by atoms with Crippen LogP contribution in [0.2, 0.25) is 0 Å². The predicted octanol–water partition coefficient (Wildman–Crippen LogP) is 1.75. The Morgan fingerprint density at radius 3 is 3.10 bits per heavy atom. The van der Waals surface area contributed by atoms with Crippen LogP contribution in [-0.4, -0.2) is 31.7 Å². The second-order valence-corrected chi connectivity index (χ2v) is 5.89. The third kappa shape index (κ3) is 2.14. The third-order valence-corrected chi connectivity index (χ3v) is 4.57. The van der Waals surface area contributed by atoms with Crippen molar-refractivity contribution in [2.75, 3.05) is 11.9 Å². The summed E-state index contributed by atoms with van der Waals surface area (Å²) in [6, 6.07) is 2.01. The van der Waals surface area contributed by atoms with E-state index in [4.69, 9.17) is 5.73 Å². The molecule has 0 aromatic carbocycles. The van der Waals surface area contributed by atoms with Crippen LogP contribution in [0, 0.1) is 12.8 Å². The first kappa shape index (κ1) is 13.3. The van der Waals surface area contributed by atoms with E-state index in [-0.39, 0.29) is 5.54 Å². The van der Waals surface area contributed by atoms with Crippen molar-refractivity contribution in [3.05, 3.63) is 18.1 Å². The Balaban J connectivity index is 2.00. The molecule has 2 unspecified atom stereocenters. The van der Waals surface area contributed by atoms with Gasteiger partial charge in [-0.3, -0.25) is 0 Å². The summed E-state index contributed by atoms with van der Waals surface area (Å²) in [7, 11) is 0. The Morgan fingerprint density at radius 1 is 1.50 bits per heavy atom. The molecule has 0 radical (unpaired) electrons. The Hall–Kier alpha value is -1.69. The topological polar surface area (TPSA) is 81.1 Å². The molecule has 3 N–H and O–H groups in total. The van der Waals surface area contributed by atoms with Gasteiger partial charge in [0.1, 0.15) is 12.1 Å². The molecule has 1 aliphatic rings. The lowest BCUT2D eigenvalue weighted by atomic mass is 9.73. The molecule has 1 saturated carbocycles. The number of anilines is 1. The normalized spacial score (nSPS) is 26.9. The number of hydrogen-bond donors (Lipinski definition) is 2. The van der Waals surface area contributed by atoms with Crippen LogP contribution in [0.3, 0.4) is 0 Å². The van der Waals surface area contributed by atoms with E-state index in [1.165, 1.54) is 25.6 Å². The van der Waals surface area contributed by atoms with E-state index in [2.05, 4.69) is 27.3 Å². The van der Waals surface area contributed by atoms with Gasteiger partial charge >= 0.3 is 0 Å². The van der Waals surface area contributed by atoms with Crippen LogP contribution >= 0.6 is 0 Å². The maximum absolute atomic E-state index is 6.11.